The molecule has 4 aromatic rings. The molecule has 6 nitrogen and oxygen atoms in total. The van der Waals surface area contributed by atoms with Crippen LogP contribution in [0.1, 0.15) is 106 Å². The number of aryl methyl sites for hydroxylation is 1. The Morgan fingerprint density at radius 2 is 1.44 bits per heavy atom. The van der Waals surface area contributed by atoms with Crippen molar-refractivity contribution >= 4 is 11.6 Å². The maximum atomic E-state index is 12.5. The van der Waals surface area contributed by atoms with Crippen LogP contribution < -0.4 is 0 Å². The molecule has 182 valence electrons. The highest BCUT2D eigenvalue weighted by molar-refractivity contribution is 5.94. The first-order valence-corrected chi connectivity index (χ1v) is 13.0. The molecule has 0 bridgehead atoms. The summed E-state index contributed by atoms with van der Waals surface area (Å²) in [4.78, 5) is 24.7. The third-order valence-electron chi connectivity index (χ3n) is 7.79. The summed E-state index contributed by atoms with van der Waals surface area (Å²) >= 11 is 0. The van der Waals surface area contributed by atoms with E-state index in [9.17, 15) is 9.59 Å². The van der Waals surface area contributed by atoms with Crippen molar-refractivity contribution in [2.24, 2.45) is 0 Å². The van der Waals surface area contributed by atoms with Gasteiger partial charge >= 0.3 is 0 Å². The van der Waals surface area contributed by atoms with Crippen molar-refractivity contribution in [1.29, 1.82) is 0 Å². The molecule has 0 aliphatic carbocycles. The molecule has 36 heavy (non-hydrogen) atoms. The van der Waals surface area contributed by atoms with Gasteiger partial charge in [-0.2, -0.15) is 10.2 Å². The third kappa shape index (κ3) is 3.72. The molecule has 0 spiro atoms. The van der Waals surface area contributed by atoms with E-state index in [-0.39, 0.29) is 29.4 Å². The number of hydrogen-bond donors (Lipinski definition) is 0. The average molecular weight is 479 g/mol. The summed E-state index contributed by atoms with van der Waals surface area (Å²) in [5.74, 6) is 0.580. The number of aromatic nitrogens is 4. The van der Waals surface area contributed by atoms with Crippen LogP contribution in [-0.4, -0.2) is 31.1 Å². The number of carbonyl (C=O) groups is 2. The topological polar surface area (TPSA) is 69.8 Å². The summed E-state index contributed by atoms with van der Waals surface area (Å²) in [5, 5.41) is 9.36. The van der Waals surface area contributed by atoms with Crippen LogP contribution in [0, 0.1) is 0 Å². The monoisotopic (exact) mass is 478 g/mol. The normalized spacial score (nSPS) is 20.3. The van der Waals surface area contributed by atoms with E-state index in [1.54, 1.807) is 0 Å². The van der Waals surface area contributed by atoms with Crippen molar-refractivity contribution in [3.8, 4) is 0 Å². The van der Waals surface area contributed by atoms with Gasteiger partial charge in [-0.05, 0) is 41.7 Å². The number of hydrogen-bond acceptors (Lipinski definition) is 4. The fourth-order valence-electron chi connectivity index (χ4n) is 5.88. The van der Waals surface area contributed by atoms with Gasteiger partial charge in [0, 0.05) is 42.6 Å². The molecule has 2 aromatic carbocycles. The Morgan fingerprint density at radius 1 is 0.778 bits per heavy atom. The molecular formula is C30H30N4O2. The highest BCUT2D eigenvalue weighted by atomic mass is 16.1. The number of Topliss-reactive ketones (excluding diaryl/α,β-unsaturated/α-hetero) is 2. The van der Waals surface area contributed by atoms with Crippen molar-refractivity contribution in [2.75, 3.05) is 0 Å². The Bertz CT molecular complexity index is 1450. The number of fused-ring (bicyclic) bond motifs is 2. The first kappa shape index (κ1) is 22.7. The molecular weight excluding hydrogens is 448 g/mol. The van der Waals surface area contributed by atoms with Crippen LogP contribution in [0.5, 0.6) is 0 Å². The van der Waals surface area contributed by atoms with Gasteiger partial charge in [0.25, 0.3) is 0 Å². The van der Waals surface area contributed by atoms with Crippen molar-refractivity contribution in [3.63, 3.8) is 0 Å². The predicted octanol–water partition coefficient (Wildman–Crippen LogP) is 5.93. The number of ketones is 2. The molecule has 2 aliphatic heterocycles. The molecule has 0 N–H and O–H groups in total. The second-order valence-electron chi connectivity index (χ2n) is 9.86. The van der Waals surface area contributed by atoms with Gasteiger partial charge in [0.15, 0.2) is 11.6 Å². The SMILES string of the molecule is CCC(=O)c1cc2n(n1)CC[C@H]2c1cccc(C2C[C@H](c3ccccc3)c3cc(C(=O)CC)nn32)c1. The summed E-state index contributed by atoms with van der Waals surface area (Å²) in [7, 11) is 0. The Labute approximate surface area is 211 Å². The zero-order valence-corrected chi connectivity index (χ0v) is 20.7. The molecule has 1 unspecified atom stereocenters. The summed E-state index contributed by atoms with van der Waals surface area (Å²) in [5.41, 5.74) is 7.05. The lowest BCUT2D eigenvalue weighted by molar-refractivity contribution is 0.0974. The van der Waals surface area contributed by atoms with Crippen LogP contribution >= 0.6 is 0 Å². The standard InChI is InChI=1S/C30H30N4O2/c1-3-29(35)24-17-27-22(13-14-33(27)31-24)20-11-8-12-21(15-20)26-16-23(19-9-6-5-7-10-19)28-18-25(30(36)4-2)32-34(26)28/h5-12,15,17-18,22-23,26H,3-4,13-14,16H2,1-2H3/t22-,23+,26?/m0/s1. The van der Waals surface area contributed by atoms with Crippen molar-refractivity contribution in [3.05, 3.63) is 106 Å². The lowest BCUT2D eigenvalue weighted by atomic mass is 9.88. The molecule has 4 heterocycles. The van der Waals surface area contributed by atoms with E-state index in [4.69, 9.17) is 5.10 Å². The van der Waals surface area contributed by atoms with Crippen molar-refractivity contribution in [1.82, 2.24) is 19.6 Å². The zero-order valence-electron chi connectivity index (χ0n) is 20.7. The summed E-state index contributed by atoms with van der Waals surface area (Å²) < 4.78 is 4.08. The first-order valence-electron chi connectivity index (χ1n) is 13.0. The largest absolute Gasteiger partial charge is 0.292 e. The Kier molecular flexibility index (Phi) is 5.67. The minimum absolute atomic E-state index is 0.0621. The van der Waals surface area contributed by atoms with Gasteiger partial charge in [-0.25, -0.2) is 0 Å². The maximum absolute atomic E-state index is 12.5. The number of benzene rings is 2. The Hall–Kier alpha value is -3.80. The van der Waals surface area contributed by atoms with E-state index in [0.717, 1.165) is 30.8 Å². The minimum Gasteiger partial charge on any atom is -0.292 e. The van der Waals surface area contributed by atoms with E-state index in [1.165, 1.54) is 16.7 Å². The van der Waals surface area contributed by atoms with Crippen molar-refractivity contribution < 1.29 is 9.59 Å². The van der Waals surface area contributed by atoms with Crippen LogP contribution in [0.4, 0.5) is 0 Å². The van der Waals surface area contributed by atoms with Gasteiger partial charge in [-0.3, -0.25) is 19.0 Å². The van der Waals surface area contributed by atoms with Crippen LogP contribution in [-0.2, 0) is 6.54 Å². The van der Waals surface area contributed by atoms with E-state index < -0.39 is 0 Å². The molecule has 3 atom stereocenters. The van der Waals surface area contributed by atoms with E-state index in [1.807, 2.05) is 36.7 Å². The van der Waals surface area contributed by atoms with Gasteiger partial charge < -0.3 is 0 Å². The quantitative estimate of drug-likeness (QED) is 0.309. The lowest BCUT2D eigenvalue weighted by Gasteiger charge is -2.17. The lowest BCUT2D eigenvalue weighted by Crippen LogP contribution is -2.10. The third-order valence-corrected chi connectivity index (χ3v) is 7.79. The van der Waals surface area contributed by atoms with Gasteiger partial charge in [0.2, 0.25) is 0 Å². The van der Waals surface area contributed by atoms with Gasteiger partial charge in [-0.15, -0.1) is 0 Å². The molecule has 6 heteroatoms. The average Bonchev–Trinajstić information content (AvgIpc) is 3.68. The molecule has 0 fully saturated rings. The summed E-state index contributed by atoms with van der Waals surface area (Å²) in [6.45, 7) is 4.59. The smallest absolute Gasteiger partial charge is 0.182 e. The fraction of sp³-hybridized carbons (Fsp3) is 0.333. The summed E-state index contributed by atoms with van der Waals surface area (Å²) in [6.07, 6.45) is 2.81. The van der Waals surface area contributed by atoms with Crippen molar-refractivity contribution in [2.45, 2.75) is 64.0 Å². The number of nitrogens with zero attached hydrogens (tertiary/aromatic N) is 4. The second-order valence-corrected chi connectivity index (χ2v) is 9.86. The van der Waals surface area contributed by atoms with E-state index in [2.05, 4.69) is 58.3 Å². The molecule has 0 saturated heterocycles. The molecule has 2 aliphatic rings. The van der Waals surface area contributed by atoms with E-state index >= 15 is 0 Å². The van der Waals surface area contributed by atoms with Gasteiger partial charge in [0.1, 0.15) is 11.4 Å². The van der Waals surface area contributed by atoms with Crippen LogP contribution in [0.2, 0.25) is 0 Å². The van der Waals surface area contributed by atoms with Gasteiger partial charge in [-0.1, -0.05) is 68.4 Å². The fourth-order valence-corrected chi connectivity index (χ4v) is 5.88. The van der Waals surface area contributed by atoms with Crippen LogP contribution in [0.25, 0.3) is 0 Å². The zero-order chi connectivity index (χ0) is 24.8. The molecule has 6 rings (SSSR count). The van der Waals surface area contributed by atoms with E-state index in [0.29, 0.717) is 24.2 Å². The molecule has 0 saturated carbocycles. The Morgan fingerprint density at radius 3 is 2.19 bits per heavy atom. The van der Waals surface area contributed by atoms with Crippen LogP contribution in [0.3, 0.4) is 0 Å². The second kappa shape index (κ2) is 9.01. The molecule has 2 aromatic heterocycles. The highest BCUT2D eigenvalue weighted by Crippen LogP contribution is 2.44. The molecule has 0 amide bonds. The van der Waals surface area contributed by atoms with Crippen LogP contribution in [0.15, 0.2) is 66.7 Å². The minimum atomic E-state index is 0.0621. The number of rotatable bonds is 7. The first-order chi connectivity index (χ1) is 17.6. The summed E-state index contributed by atoms with van der Waals surface area (Å²) in [6, 6.07) is 23.3. The number of carbonyl (C=O) groups excluding carboxylic acids is 2. The maximum Gasteiger partial charge on any atom is 0.182 e. The highest BCUT2D eigenvalue weighted by Gasteiger charge is 2.36. The molecule has 0 radical (unpaired) electrons. The Balaban J connectivity index is 1.37. The van der Waals surface area contributed by atoms with Gasteiger partial charge in [0.05, 0.1) is 6.04 Å². The predicted molar refractivity (Wildman–Crippen MR) is 138 cm³/mol.